The lowest BCUT2D eigenvalue weighted by Gasteiger charge is -2.36. The highest BCUT2D eigenvalue weighted by Crippen LogP contribution is 2.19. The second kappa shape index (κ2) is 5.52. The van der Waals surface area contributed by atoms with E-state index in [1.165, 1.54) is 7.11 Å². The Bertz CT molecular complexity index is 458. The van der Waals surface area contributed by atoms with Gasteiger partial charge in [-0.25, -0.2) is 14.8 Å². The molecule has 1 fully saturated rings. The zero-order chi connectivity index (χ0) is 14.0. The number of ether oxygens (including phenoxy) is 2. The van der Waals surface area contributed by atoms with Crippen LogP contribution in [-0.2, 0) is 14.3 Å². The van der Waals surface area contributed by atoms with Gasteiger partial charge in [0.15, 0.2) is 6.10 Å². The fourth-order valence-corrected chi connectivity index (χ4v) is 2.26. The van der Waals surface area contributed by atoms with Crippen molar-refractivity contribution in [1.29, 1.82) is 0 Å². The molecule has 2 rings (SSSR count). The van der Waals surface area contributed by atoms with Crippen molar-refractivity contribution in [2.45, 2.75) is 33.0 Å². The van der Waals surface area contributed by atoms with Gasteiger partial charge in [-0.2, -0.15) is 0 Å². The number of morpholine rings is 1. The molecule has 0 saturated carbocycles. The van der Waals surface area contributed by atoms with Crippen LogP contribution in [0.15, 0.2) is 6.07 Å². The lowest BCUT2D eigenvalue weighted by atomic mass is 10.2. The minimum atomic E-state index is -0.565. The van der Waals surface area contributed by atoms with E-state index in [1.807, 2.05) is 31.7 Å². The average molecular weight is 265 g/mol. The monoisotopic (exact) mass is 265 g/mol. The van der Waals surface area contributed by atoms with E-state index in [2.05, 4.69) is 9.97 Å². The molecule has 0 N–H and O–H groups in total. The molecule has 0 aromatic carbocycles. The Balaban J connectivity index is 2.21. The summed E-state index contributed by atoms with van der Waals surface area (Å²) in [6.07, 6.45) is -0.613. The van der Waals surface area contributed by atoms with Gasteiger partial charge in [0, 0.05) is 18.3 Å². The topological polar surface area (TPSA) is 64.5 Å². The van der Waals surface area contributed by atoms with Crippen LogP contribution in [0.25, 0.3) is 0 Å². The maximum atomic E-state index is 11.6. The first-order valence-corrected chi connectivity index (χ1v) is 6.30. The summed E-state index contributed by atoms with van der Waals surface area (Å²) >= 11 is 0. The van der Waals surface area contributed by atoms with Gasteiger partial charge in [0.1, 0.15) is 11.6 Å². The summed E-state index contributed by atoms with van der Waals surface area (Å²) in [5.74, 6) is 1.21. The summed E-state index contributed by atoms with van der Waals surface area (Å²) in [5.41, 5.74) is 0.913. The van der Waals surface area contributed by atoms with E-state index in [-0.39, 0.29) is 12.1 Å². The van der Waals surface area contributed by atoms with E-state index in [0.717, 1.165) is 17.3 Å². The molecule has 6 heteroatoms. The summed E-state index contributed by atoms with van der Waals surface area (Å²) in [6.45, 7) is 6.87. The van der Waals surface area contributed by atoms with Crippen molar-refractivity contribution in [2.24, 2.45) is 0 Å². The van der Waals surface area contributed by atoms with Gasteiger partial charge in [0.2, 0.25) is 0 Å². The molecule has 2 atom stereocenters. The van der Waals surface area contributed by atoms with Crippen molar-refractivity contribution in [2.75, 3.05) is 25.1 Å². The number of anilines is 1. The molecule has 1 aliphatic rings. The largest absolute Gasteiger partial charge is 0.467 e. The second-order valence-electron chi connectivity index (χ2n) is 4.78. The minimum absolute atomic E-state index is 0.0478. The van der Waals surface area contributed by atoms with E-state index < -0.39 is 6.10 Å². The fraction of sp³-hybridized carbons (Fsp3) is 0.615. The van der Waals surface area contributed by atoms with Gasteiger partial charge in [-0.3, -0.25) is 0 Å². The van der Waals surface area contributed by atoms with E-state index >= 15 is 0 Å². The van der Waals surface area contributed by atoms with E-state index in [4.69, 9.17) is 9.47 Å². The second-order valence-corrected chi connectivity index (χ2v) is 4.78. The van der Waals surface area contributed by atoms with Crippen LogP contribution >= 0.6 is 0 Å². The zero-order valence-corrected chi connectivity index (χ0v) is 11.7. The molecule has 6 nitrogen and oxygen atoms in total. The molecule has 1 aromatic rings. The smallest absolute Gasteiger partial charge is 0.336 e. The van der Waals surface area contributed by atoms with Gasteiger partial charge < -0.3 is 14.4 Å². The van der Waals surface area contributed by atoms with Gasteiger partial charge in [-0.15, -0.1) is 0 Å². The van der Waals surface area contributed by atoms with Crippen LogP contribution in [0.4, 0.5) is 5.82 Å². The number of methoxy groups -OCH3 is 1. The first-order valence-electron chi connectivity index (χ1n) is 6.30. The van der Waals surface area contributed by atoms with Gasteiger partial charge >= 0.3 is 5.97 Å². The first kappa shape index (κ1) is 13.7. The first-order chi connectivity index (χ1) is 8.99. The number of hydrogen-bond acceptors (Lipinski definition) is 6. The molecule has 0 aliphatic carbocycles. The molecule has 0 spiro atoms. The highest BCUT2D eigenvalue weighted by atomic mass is 16.6. The maximum Gasteiger partial charge on any atom is 0.336 e. The van der Waals surface area contributed by atoms with Crippen LogP contribution in [0.2, 0.25) is 0 Å². The van der Waals surface area contributed by atoms with Crippen LogP contribution in [0.3, 0.4) is 0 Å². The normalized spacial score (nSPS) is 23.3. The summed E-state index contributed by atoms with van der Waals surface area (Å²) in [7, 11) is 1.37. The molecule has 1 aromatic heterocycles. The van der Waals surface area contributed by atoms with Crippen molar-refractivity contribution in [3.63, 3.8) is 0 Å². The summed E-state index contributed by atoms with van der Waals surface area (Å²) in [6, 6.07) is 1.92. The van der Waals surface area contributed by atoms with E-state index in [9.17, 15) is 4.79 Å². The molecule has 1 saturated heterocycles. The van der Waals surface area contributed by atoms with Crippen molar-refractivity contribution in [3.8, 4) is 0 Å². The number of nitrogens with zero attached hydrogens (tertiary/aromatic N) is 3. The Morgan fingerprint density at radius 3 is 2.79 bits per heavy atom. The molecule has 1 unspecified atom stereocenters. The van der Waals surface area contributed by atoms with E-state index in [0.29, 0.717) is 13.1 Å². The number of esters is 1. The van der Waals surface area contributed by atoms with Crippen LogP contribution in [-0.4, -0.2) is 48.3 Å². The summed E-state index contributed by atoms with van der Waals surface area (Å²) < 4.78 is 10.3. The molecule has 0 radical (unpaired) electrons. The highest BCUT2D eigenvalue weighted by molar-refractivity contribution is 5.75. The number of aryl methyl sites for hydroxylation is 2. The molecular formula is C13H19N3O3. The third-order valence-electron chi connectivity index (χ3n) is 3.00. The third kappa shape index (κ3) is 3.20. The number of carbonyl (C=O) groups excluding carboxylic acids is 1. The Morgan fingerprint density at radius 1 is 1.42 bits per heavy atom. The molecule has 2 heterocycles. The Labute approximate surface area is 112 Å². The highest BCUT2D eigenvalue weighted by Gasteiger charge is 2.31. The maximum absolute atomic E-state index is 11.6. The van der Waals surface area contributed by atoms with Gasteiger partial charge in [-0.05, 0) is 20.8 Å². The van der Waals surface area contributed by atoms with E-state index in [1.54, 1.807) is 0 Å². The third-order valence-corrected chi connectivity index (χ3v) is 3.00. The molecule has 1 aliphatic heterocycles. The summed E-state index contributed by atoms with van der Waals surface area (Å²) in [4.78, 5) is 22.3. The predicted octanol–water partition coefficient (Wildman–Crippen LogP) is 0.860. The van der Waals surface area contributed by atoms with Crippen molar-refractivity contribution in [3.05, 3.63) is 17.6 Å². The Kier molecular flexibility index (Phi) is 3.99. The quantitative estimate of drug-likeness (QED) is 0.739. The Morgan fingerprint density at radius 2 is 2.16 bits per heavy atom. The van der Waals surface area contributed by atoms with Gasteiger partial charge in [-0.1, -0.05) is 0 Å². The van der Waals surface area contributed by atoms with Crippen molar-refractivity contribution < 1.29 is 14.3 Å². The zero-order valence-electron chi connectivity index (χ0n) is 11.7. The number of hydrogen-bond donors (Lipinski definition) is 0. The van der Waals surface area contributed by atoms with Crippen LogP contribution < -0.4 is 4.90 Å². The lowest BCUT2D eigenvalue weighted by molar-refractivity contribution is -0.158. The average Bonchev–Trinajstić information content (AvgIpc) is 2.36. The SMILES string of the molecule is COC(=O)C1CN(c2cc(C)nc(C)n2)C[C@@H](C)O1. The van der Waals surface area contributed by atoms with Crippen LogP contribution in [0.1, 0.15) is 18.4 Å². The lowest BCUT2D eigenvalue weighted by Crippen LogP contribution is -2.50. The van der Waals surface area contributed by atoms with Crippen molar-refractivity contribution in [1.82, 2.24) is 9.97 Å². The Hall–Kier alpha value is -1.69. The summed E-state index contributed by atoms with van der Waals surface area (Å²) in [5, 5.41) is 0. The molecular weight excluding hydrogens is 246 g/mol. The minimum Gasteiger partial charge on any atom is -0.467 e. The van der Waals surface area contributed by atoms with Gasteiger partial charge in [0.05, 0.1) is 19.8 Å². The van der Waals surface area contributed by atoms with Gasteiger partial charge in [0.25, 0.3) is 0 Å². The number of aromatic nitrogens is 2. The van der Waals surface area contributed by atoms with Crippen LogP contribution in [0.5, 0.6) is 0 Å². The standard InChI is InChI=1S/C13H19N3O3/c1-8-5-12(15-10(3)14-8)16-6-9(2)19-11(7-16)13(17)18-4/h5,9,11H,6-7H2,1-4H3/t9-,11?/m1/s1. The molecule has 104 valence electrons. The molecule has 0 amide bonds. The molecule has 19 heavy (non-hydrogen) atoms. The number of rotatable bonds is 2. The molecule has 0 bridgehead atoms. The predicted molar refractivity (Wildman–Crippen MR) is 70.1 cm³/mol. The number of carbonyl (C=O) groups is 1. The van der Waals surface area contributed by atoms with Crippen LogP contribution in [0, 0.1) is 13.8 Å². The van der Waals surface area contributed by atoms with Crippen molar-refractivity contribution >= 4 is 11.8 Å². The fourth-order valence-electron chi connectivity index (χ4n) is 2.26.